The van der Waals surface area contributed by atoms with Gasteiger partial charge in [0, 0.05) is 16.6 Å². The van der Waals surface area contributed by atoms with Gasteiger partial charge in [0.15, 0.2) is 4.34 Å². The molecule has 1 N–H and O–H groups in total. The van der Waals surface area contributed by atoms with Crippen molar-refractivity contribution < 1.29 is 9.53 Å². The first-order valence-electron chi connectivity index (χ1n) is 8.32. The van der Waals surface area contributed by atoms with Crippen molar-refractivity contribution in [2.45, 2.75) is 18.2 Å². The van der Waals surface area contributed by atoms with Gasteiger partial charge >= 0.3 is 0 Å². The third-order valence-electron chi connectivity index (χ3n) is 3.61. The molecule has 6 heteroatoms. The van der Waals surface area contributed by atoms with Crippen LogP contribution in [0.15, 0.2) is 58.3 Å². The van der Waals surface area contributed by atoms with Crippen molar-refractivity contribution in [3.63, 3.8) is 0 Å². The lowest BCUT2D eigenvalue weighted by Crippen LogP contribution is -2.13. The number of amides is 1. The highest BCUT2D eigenvalue weighted by atomic mass is 32.2. The first-order valence-corrected chi connectivity index (χ1v) is 10.2. The SMILES string of the molecule is CCOc1ccc(NC(=O)CSc2nc(-c3ccc(C)cc3)cs2)cc1. The van der Waals surface area contributed by atoms with Crippen LogP contribution in [0.1, 0.15) is 12.5 Å². The summed E-state index contributed by atoms with van der Waals surface area (Å²) in [6, 6.07) is 15.7. The van der Waals surface area contributed by atoms with E-state index in [4.69, 9.17) is 4.74 Å². The van der Waals surface area contributed by atoms with E-state index in [1.807, 2.05) is 36.6 Å². The van der Waals surface area contributed by atoms with Gasteiger partial charge in [0.2, 0.25) is 5.91 Å². The fourth-order valence-electron chi connectivity index (χ4n) is 2.31. The van der Waals surface area contributed by atoms with Crippen LogP contribution >= 0.6 is 23.1 Å². The molecule has 0 spiro atoms. The van der Waals surface area contributed by atoms with Crippen LogP contribution in [0.4, 0.5) is 5.69 Å². The van der Waals surface area contributed by atoms with Crippen LogP contribution in [0.5, 0.6) is 5.75 Å². The molecule has 4 nitrogen and oxygen atoms in total. The van der Waals surface area contributed by atoms with E-state index in [0.717, 1.165) is 27.0 Å². The summed E-state index contributed by atoms with van der Waals surface area (Å²) in [5.74, 6) is 1.08. The molecule has 1 aromatic heterocycles. The van der Waals surface area contributed by atoms with Crippen LogP contribution in [0, 0.1) is 6.92 Å². The van der Waals surface area contributed by atoms with Gasteiger partial charge in [0.05, 0.1) is 18.1 Å². The van der Waals surface area contributed by atoms with Crippen molar-refractivity contribution in [2.24, 2.45) is 0 Å². The van der Waals surface area contributed by atoms with E-state index in [2.05, 4.69) is 41.5 Å². The summed E-state index contributed by atoms with van der Waals surface area (Å²) >= 11 is 3.01. The highest BCUT2D eigenvalue weighted by Crippen LogP contribution is 2.28. The zero-order chi connectivity index (χ0) is 18.4. The molecule has 134 valence electrons. The molecule has 1 heterocycles. The summed E-state index contributed by atoms with van der Waals surface area (Å²) in [7, 11) is 0. The number of thioether (sulfide) groups is 1. The van der Waals surface area contributed by atoms with Gasteiger partial charge in [-0.25, -0.2) is 4.98 Å². The smallest absolute Gasteiger partial charge is 0.234 e. The molecule has 0 saturated heterocycles. The van der Waals surface area contributed by atoms with Crippen LogP contribution in [0.2, 0.25) is 0 Å². The Hall–Kier alpha value is -2.31. The first-order chi connectivity index (χ1) is 12.6. The van der Waals surface area contributed by atoms with Crippen molar-refractivity contribution in [1.29, 1.82) is 0 Å². The van der Waals surface area contributed by atoms with Crippen molar-refractivity contribution in [2.75, 3.05) is 17.7 Å². The zero-order valence-corrected chi connectivity index (χ0v) is 16.3. The number of hydrogen-bond acceptors (Lipinski definition) is 5. The van der Waals surface area contributed by atoms with Gasteiger partial charge < -0.3 is 10.1 Å². The highest BCUT2D eigenvalue weighted by molar-refractivity contribution is 8.01. The number of carbonyl (C=O) groups excluding carboxylic acids is 1. The van der Waals surface area contributed by atoms with E-state index in [1.165, 1.54) is 17.3 Å². The second-order valence-corrected chi connectivity index (χ2v) is 7.74. The molecular weight excluding hydrogens is 364 g/mol. The molecule has 3 rings (SSSR count). The fourth-order valence-corrected chi connectivity index (χ4v) is 3.94. The number of thiazole rings is 1. The van der Waals surface area contributed by atoms with Crippen LogP contribution < -0.4 is 10.1 Å². The first kappa shape index (κ1) is 18.5. The predicted octanol–water partition coefficient (Wildman–Crippen LogP) is 5.25. The molecular formula is C20H20N2O2S2. The Morgan fingerprint density at radius 2 is 1.88 bits per heavy atom. The van der Waals surface area contributed by atoms with Gasteiger partial charge in [-0.1, -0.05) is 41.6 Å². The molecule has 0 atom stereocenters. The van der Waals surface area contributed by atoms with Crippen molar-refractivity contribution in [3.05, 3.63) is 59.5 Å². The predicted molar refractivity (Wildman–Crippen MR) is 109 cm³/mol. The molecule has 0 fully saturated rings. The van der Waals surface area contributed by atoms with Crippen LogP contribution in [0.25, 0.3) is 11.3 Å². The van der Waals surface area contributed by atoms with Crippen LogP contribution in [0.3, 0.4) is 0 Å². The van der Waals surface area contributed by atoms with E-state index in [0.29, 0.717) is 12.4 Å². The second-order valence-electron chi connectivity index (χ2n) is 5.66. The minimum absolute atomic E-state index is 0.0498. The summed E-state index contributed by atoms with van der Waals surface area (Å²) in [5.41, 5.74) is 4.03. The lowest BCUT2D eigenvalue weighted by molar-refractivity contribution is -0.113. The second kappa shape index (κ2) is 8.87. The number of nitrogens with one attached hydrogen (secondary N) is 1. The number of nitrogens with zero attached hydrogens (tertiary/aromatic N) is 1. The Morgan fingerprint density at radius 1 is 1.15 bits per heavy atom. The summed E-state index contributed by atoms with van der Waals surface area (Å²) < 4.78 is 6.28. The molecule has 0 radical (unpaired) electrons. The van der Waals surface area contributed by atoms with Crippen LogP contribution in [-0.2, 0) is 4.79 Å². The van der Waals surface area contributed by atoms with Gasteiger partial charge in [-0.15, -0.1) is 11.3 Å². The maximum atomic E-state index is 12.1. The number of aromatic nitrogens is 1. The summed E-state index contributed by atoms with van der Waals surface area (Å²) in [6.07, 6.45) is 0. The van der Waals surface area contributed by atoms with E-state index < -0.39 is 0 Å². The molecule has 0 aliphatic rings. The van der Waals surface area contributed by atoms with Crippen molar-refractivity contribution in [3.8, 4) is 17.0 Å². The number of hydrogen-bond donors (Lipinski definition) is 1. The van der Waals surface area contributed by atoms with E-state index in [1.54, 1.807) is 11.3 Å². The number of anilines is 1. The quantitative estimate of drug-likeness (QED) is 0.565. The molecule has 26 heavy (non-hydrogen) atoms. The summed E-state index contributed by atoms with van der Waals surface area (Å²) in [6.45, 7) is 4.63. The average Bonchev–Trinajstić information content (AvgIpc) is 3.11. The lowest BCUT2D eigenvalue weighted by atomic mass is 10.1. The number of ether oxygens (including phenoxy) is 1. The Balaban J connectivity index is 1.52. The topological polar surface area (TPSA) is 51.2 Å². The third kappa shape index (κ3) is 5.09. The molecule has 1 amide bonds. The summed E-state index contributed by atoms with van der Waals surface area (Å²) in [5, 5.41) is 4.91. The van der Waals surface area contributed by atoms with Gasteiger partial charge in [-0.3, -0.25) is 4.79 Å². The molecule has 3 aromatic rings. The normalized spacial score (nSPS) is 10.5. The Bertz CT molecular complexity index is 858. The van der Waals surface area contributed by atoms with Crippen molar-refractivity contribution in [1.82, 2.24) is 4.98 Å². The van der Waals surface area contributed by atoms with Crippen LogP contribution in [-0.4, -0.2) is 23.3 Å². The molecule has 0 aliphatic heterocycles. The van der Waals surface area contributed by atoms with Gasteiger partial charge in [0.1, 0.15) is 5.75 Å². The number of benzene rings is 2. The van der Waals surface area contributed by atoms with Gasteiger partial charge in [0.25, 0.3) is 0 Å². The minimum atomic E-state index is -0.0498. The number of carbonyl (C=O) groups is 1. The maximum absolute atomic E-state index is 12.1. The standard InChI is InChI=1S/C20H20N2O2S2/c1-3-24-17-10-8-16(9-11-17)21-19(23)13-26-20-22-18(12-25-20)15-6-4-14(2)5-7-15/h4-12H,3,13H2,1-2H3,(H,21,23). The number of aryl methyl sites for hydroxylation is 1. The molecule has 0 unspecified atom stereocenters. The van der Waals surface area contributed by atoms with Gasteiger partial charge in [-0.2, -0.15) is 0 Å². The average molecular weight is 385 g/mol. The maximum Gasteiger partial charge on any atom is 0.234 e. The minimum Gasteiger partial charge on any atom is -0.494 e. The van der Waals surface area contributed by atoms with E-state index in [-0.39, 0.29) is 5.91 Å². The molecule has 0 bridgehead atoms. The lowest BCUT2D eigenvalue weighted by Gasteiger charge is -2.06. The van der Waals surface area contributed by atoms with Gasteiger partial charge in [-0.05, 0) is 38.1 Å². The fraction of sp³-hybridized carbons (Fsp3) is 0.200. The monoisotopic (exact) mass is 384 g/mol. The largest absolute Gasteiger partial charge is 0.494 e. The Labute approximate surface area is 161 Å². The molecule has 0 saturated carbocycles. The number of rotatable bonds is 7. The third-order valence-corrected chi connectivity index (χ3v) is 5.63. The Kier molecular flexibility index (Phi) is 6.30. The molecule has 0 aliphatic carbocycles. The highest BCUT2D eigenvalue weighted by Gasteiger charge is 2.08. The van der Waals surface area contributed by atoms with Crippen molar-refractivity contribution >= 4 is 34.7 Å². The van der Waals surface area contributed by atoms with E-state index >= 15 is 0 Å². The zero-order valence-electron chi connectivity index (χ0n) is 14.7. The van der Waals surface area contributed by atoms with E-state index in [9.17, 15) is 4.79 Å². The summed E-state index contributed by atoms with van der Waals surface area (Å²) in [4.78, 5) is 16.7. The Morgan fingerprint density at radius 3 is 2.58 bits per heavy atom. The molecule has 2 aromatic carbocycles.